The van der Waals surface area contributed by atoms with Crippen molar-refractivity contribution in [3.8, 4) is 5.75 Å². The van der Waals surface area contributed by atoms with Gasteiger partial charge in [-0.05, 0) is 43.9 Å². The van der Waals surface area contributed by atoms with E-state index >= 15 is 0 Å². The lowest BCUT2D eigenvalue weighted by Gasteiger charge is -2.28. The van der Waals surface area contributed by atoms with Crippen LogP contribution < -0.4 is 9.64 Å². The Morgan fingerprint density at radius 2 is 1.80 bits per heavy atom. The predicted molar refractivity (Wildman–Crippen MR) is 122 cm³/mol. The second-order valence-corrected chi connectivity index (χ2v) is 8.29. The first-order chi connectivity index (χ1) is 13.9. The molecule has 2 atom stereocenters. The molecular formula is C22H27ClN2O4S. The molecule has 0 saturated heterocycles. The summed E-state index contributed by atoms with van der Waals surface area (Å²) < 4.78 is 10.8. The summed E-state index contributed by atoms with van der Waals surface area (Å²) in [4.78, 5) is 30.2. The molecule has 1 heterocycles. The first-order valence-corrected chi connectivity index (χ1v) is 10.3. The van der Waals surface area contributed by atoms with Gasteiger partial charge >= 0.3 is 5.97 Å². The van der Waals surface area contributed by atoms with Crippen LogP contribution in [0.3, 0.4) is 0 Å². The molecule has 0 radical (unpaired) electrons. The van der Waals surface area contributed by atoms with Gasteiger partial charge in [0, 0.05) is 24.9 Å². The second-order valence-electron chi connectivity index (χ2n) is 7.10. The summed E-state index contributed by atoms with van der Waals surface area (Å²) in [5, 5.41) is -0.359. The third-order valence-electron chi connectivity index (χ3n) is 4.70. The van der Waals surface area contributed by atoms with Crippen molar-refractivity contribution < 1.29 is 19.1 Å². The van der Waals surface area contributed by atoms with Crippen LogP contribution in [0.1, 0.15) is 17.7 Å². The van der Waals surface area contributed by atoms with Gasteiger partial charge < -0.3 is 19.3 Å². The Balaban J connectivity index is 0.00000320. The van der Waals surface area contributed by atoms with E-state index in [0.29, 0.717) is 13.1 Å². The molecule has 0 bridgehead atoms. The smallest absolute Gasteiger partial charge is 0.303 e. The van der Waals surface area contributed by atoms with Gasteiger partial charge in [0.1, 0.15) is 5.75 Å². The lowest BCUT2D eigenvalue weighted by molar-refractivity contribution is -0.152. The number of thioether (sulfide) groups is 1. The number of fused-ring (bicyclic) bond motifs is 1. The second kappa shape index (κ2) is 10.7. The molecule has 1 amide bonds. The third-order valence-corrected chi connectivity index (χ3v) is 6.07. The maximum absolute atomic E-state index is 13.6. The minimum absolute atomic E-state index is 0. The largest absolute Gasteiger partial charge is 0.497 e. The molecule has 0 saturated carbocycles. The van der Waals surface area contributed by atoms with Crippen LogP contribution in [0.4, 0.5) is 5.69 Å². The van der Waals surface area contributed by atoms with Crippen LogP contribution in [-0.4, -0.2) is 57.2 Å². The highest BCUT2D eigenvalue weighted by molar-refractivity contribution is 7.99. The quantitative estimate of drug-likeness (QED) is 0.624. The number of carbonyl (C=O) groups excluding carboxylic acids is 2. The van der Waals surface area contributed by atoms with Crippen molar-refractivity contribution >= 4 is 41.7 Å². The SMILES string of the molecule is COc1ccc([C@@H]2Sc3ccccc3N(CCN(C)C)C(=O)[C@H]2OC(C)=O)cc1.Cl. The molecule has 0 spiro atoms. The van der Waals surface area contributed by atoms with Crippen LogP contribution >= 0.6 is 24.2 Å². The fraction of sp³-hybridized carbons (Fsp3) is 0.364. The Morgan fingerprint density at radius 3 is 2.40 bits per heavy atom. The number of anilines is 1. The Kier molecular flexibility index (Phi) is 8.58. The number of halogens is 1. The minimum atomic E-state index is -0.916. The maximum Gasteiger partial charge on any atom is 0.303 e. The normalized spacial score (nSPS) is 18.3. The van der Waals surface area contributed by atoms with Gasteiger partial charge in [-0.1, -0.05) is 24.3 Å². The first-order valence-electron chi connectivity index (χ1n) is 9.43. The number of esters is 1. The number of hydrogen-bond acceptors (Lipinski definition) is 6. The molecule has 0 N–H and O–H groups in total. The van der Waals surface area contributed by atoms with Crippen molar-refractivity contribution in [1.29, 1.82) is 0 Å². The summed E-state index contributed by atoms with van der Waals surface area (Å²) in [5.41, 5.74) is 1.75. The summed E-state index contributed by atoms with van der Waals surface area (Å²) in [5.74, 6) is 0.0528. The van der Waals surface area contributed by atoms with Crippen molar-refractivity contribution in [1.82, 2.24) is 4.90 Å². The van der Waals surface area contributed by atoms with Crippen LogP contribution in [0.15, 0.2) is 53.4 Å². The number of para-hydroxylation sites is 1. The highest BCUT2D eigenvalue weighted by Crippen LogP contribution is 2.46. The molecule has 0 aromatic heterocycles. The van der Waals surface area contributed by atoms with Crippen molar-refractivity contribution in [2.24, 2.45) is 0 Å². The van der Waals surface area contributed by atoms with Gasteiger partial charge in [-0.25, -0.2) is 0 Å². The summed E-state index contributed by atoms with van der Waals surface area (Å²) in [6.45, 7) is 2.55. The zero-order valence-electron chi connectivity index (χ0n) is 17.5. The number of ether oxygens (including phenoxy) is 2. The lowest BCUT2D eigenvalue weighted by atomic mass is 10.1. The van der Waals surface area contributed by atoms with E-state index in [0.717, 1.165) is 21.9 Å². The molecule has 2 aromatic rings. The third kappa shape index (κ3) is 5.47. The molecular weight excluding hydrogens is 424 g/mol. The molecule has 0 aliphatic carbocycles. The molecule has 6 nitrogen and oxygen atoms in total. The van der Waals surface area contributed by atoms with E-state index in [1.54, 1.807) is 23.8 Å². The van der Waals surface area contributed by atoms with Gasteiger partial charge in [-0.15, -0.1) is 24.2 Å². The first kappa shape index (κ1) is 24.1. The number of likely N-dealkylation sites (N-methyl/N-ethyl adjacent to an activating group) is 1. The minimum Gasteiger partial charge on any atom is -0.497 e. The van der Waals surface area contributed by atoms with Crippen LogP contribution in [0.25, 0.3) is 0 Å². The Morgan fingerprint density at radius 1 is 1.13 bits per heavy atom. The molecule has 8 heteroatoms. The summed E-state index contributed by atoms with van der Waals surface area (Å²) >= 11 is 1.54. The van der Waals surface area contributed by atoms with Crippen molar-refractivity contribution in [2.75, 3.05) is 39.2 Å². The van der Waals surface area contributed by atoms with Crippen molar-refractivity contribution in [3.63, 3.8) is 0 Å². The van der Waals surface area contributed by atoms with Gasteiger partial charge in [0.2, 0.25) is 0 Å². The molecule has 162 valence electrons. The molecule has 1 aliphatic rings. The molecule has 0 unspecified atom stereocenters. The van der Waals surface area contributed by atoms with Gasteiger partial charge in [0.25, 0.3) is 5.91 Å². The Labute approximate surface area is 187 Å². The van der Waals surface area contributed by atoms with E-state index < -0.39 is 12.1 Å². The maximum atomic E-state index is 13.6. The summed E-state index contributed by atoms with van der Waals surface area (Å²) in [6, 6.07) is 15.4. The fourth-order valence-corrected chi connectivity index (χ4v) is 4.56. The van der Waals surface area contributed by atoms with E-state index in [1.165, 1.54) is 6.92 Å². The number of hydrogen-bond donors (Lipinski definition) is 0. The molecule has 0 fully saturated rings. The number of benzene rings is 2. The summed E-state index contributed by atoms with van der Waals surface area (Å²) in [6.07, 6.45) is -0.916. The number of carbonyl (C=O) groups is 2. The van der Waals surface area contributed by atoms with Gasteiger partial charge in [-0.3, -0.25) is 9.59 Å². The van der Waals surface area contributed by atoms with E-state index in [1.807, 2.05) is 67.5 Å². The van der Waals surface area contributed by atoms with Crippen molar-refractivity contribution in [2.45, 2.75) is 23.2 Å². The fourth-order valence-electron chi connectivity index (χ4n) is 3.24. The Hall–Kier alpha value is -2.22. The highest BCUT2D eigenvalue weighted by atomic mass is 35.5. The van der Waals surface area contributed by atoms with E-state index in [-0.39, 0.29) is 23.6 Å². The van der Waals surface area contributed by atoms with Gasteiger partial charge in [0.15, 0.2) is 6.10 Å². The number of nitrogens with zero attached hydrogens (tertiary/aromatic N) is 2. The number of methoxy groups -OCH3 is 1. The summed E-state index contributed by atoms with van der Waals surface area (Å²) in [7, 11) is 5.54. The average Bonchev–Trinajstić information content (AvgIpc) is 2.81. The van der Waals surface area contributed by atoms with Gasteiger partial charge in [0.05, 0.1) is 18.0 Å². The molecule has 30 heavy (non-hydrogen) atoms. The van der Waals surface area contributed by atoms with E-state index in [2.05, 4.69) is 0 Å². The van der Waals surface area contributed by atoms with Crippen LogP contribution in [0.2, 0.25) is 0 Å². The molecule has 3 rings (SSSR count). The van der Waals surface area contributed by atoms with Crippen LogP contribution in [-0.2, 0) is 14.3 Å². The zero-order chi connectivity index (χ0) is 21.0. The number of amides is 1. The Bertz CT molecular complexity index is 876. The average molecular weight is 451 g/mol. The topological polar surface area (TPSA) is 59.1 Å². The van der Waals surface area contributed by atoms with E-state index in [4.69, 9.17) is 9.47 Å². The van der Waals surface area contributed by atoms with Crippen LogP contribution in [0.5, 0.6) is 5.75 Å². The zero-order valence-corrected chi connectivity index (χ0v) is 19.2. The monoisotopic (exact) mass is 450 g/mol. The van der Waals surface area contributed by atoms with Gasteiger partial charge in [-0.2, -0.15) is 0 Å². The van der Waals surface area contributed by atoms with E-state index in [9.17, 15) is 9.59 Å². The van der Waals surface area contributed by atoms with Crippen molar-refractivity contribution in [3.05, 3.63) is 54.1 Å². The number of rotatable bonds is 6. The standard InChI is InChI=1S/C22H26N2O4S.ClH/c1-15(25)28-20-21(16-9-11-17(27-4)12-10-16)29-19-8-6-5-7-18(19)24(22(20)26)14-13-23(2)3;/h5-12,20-21H,13-14H2,1-4H3;1H/t20-,21-;/m0./s1. The predicted octanol–water partition coefficient (Wildman–Crippen LogP) is 3.79. The molecule has 1 aliphatic heterocycles. The molecule has 2 aromatic carbocycles. The van der Waals surface area contributed by atoms with Crippen LogP contribution in [0, 0.1) is 0 Å². The lowest BCUT2D eigenvalue weighted by Crippen LogP contribution is -2.45. The highest BCUT2D eigenvalue weighted by Gasteiger charge is 2.40.